The van der Waals surface area contributed by atoms with Gasteiger partial charge in [-0.2, -0.15) is 18.3 Å². The van der Waals surface area contributed by atoms with Gasteiger partial charge >= 0.3 is 12.1 Å². The number of alkyl halides is 5. The zero-order valence-corrected chi connectivity index (χ0v) is 20.4. The Hall–Kier alpha value is -4.62. The molecule has 1 aliphatic heterocycles. The van der Waals surface area contributed by atoms with Gasteiger partial charge in [-0.15, -0.1) is 0 Å². The number of benzene rings is 2. The molecule has 210 valence electrons. The van der Waals surface area contributed by atoms with E-state index < -0.39 is 48.9 Å². The second-order valence-electron chi connectivity index (χ2n) is 8.63. The van der Waals surface area contributed by atoms with Crippen molar-refractivity contribution < 1.29 is 45.8 Å². The maximum Gasteiger partial charge on any atom is 0.490 e. The van der Waals surface area contributed by atoms with Crippen LogP contribution in [0.3, 0.4) is 0 Å². The molecule has 0 bridgehead atoms. The summed E-state index contributed by atoms with van der Waals surface area (Å²) in [5.41, 5.74) is 0.885. The summed E-state index contributed by atoms with van der Waals surface area (Å²) in [5, 5.41) is 12.0. The minimum Gasteiger partial charge on any atom is -0.475 e. The van der Waals surface area contributed by atoms with Crippen LogP contribution < -0.4 is 4.74 Å². The Balaban J connectivity index is 0.000000470. The highest BCUT2D eigenvalue weighted by Gasteiger charge is 2.47. The largest absolute Gasteiger partial charge is 0.490 e. The van der Waals surface area contributed by atoms with Crippen molar-refractivity contribution in [2.75, 3.05) is 13.1 Å². The highest BCUT2D eigenvalue weighted by molar-refractivity contribution is 5.95. The molecule has 1 amide bonds. The maximum atomic E-state index is 14.7. The highest BCUT2D eigenvalue weighted by atomic mass is 19.4. The molecule has 1 saturated heterocycles. The SMILES string of the molecule is O=C(O)C(F)(F)F.O=C(c1cc(-n2cccn2)ccc1F)N1CCC(F)(F)[C@@H](Oc2ccc3ccccc3n2)C1. The number of aliphatic carboxylic acids is 1. The fourth-order valence-corrected chi connectivity index (χ4v) is 3.85. The fourth-order valence-electron chi connectivity index (χ4n) is 3.85. The van der Waals surface area contributed by atoms with Crippen LogP contribution in [0.25, 0.3) is 16.6 Å². The zero-order chi connectivity index (χ0) is 29.1. The molecule has 1 N–H and O–H groups in total. The number of amides is 1. The molecule has 5 rings (SSSR count). The van der Waals surface area contributed by atoms with Gasteiger partial charge in [-0.25, -0.2) is 27.6 Å². The lowest BCUT2D eigenvalue weighted by Gasteiger charge is -2.38. The Labute approximate surface area is 222 Å². The molecule has 4 aromatic rings. The van der Waals surface area contributed by atoms with Gasteiger partial charge in [-0.3, -0.25) is 4.79 Å². The number of hydrogen-bond donors (Lipinski definition) is 1. The number of carbonyl (C=O) groups excluding carboxylic acids is 1. The van der Waals surface area contributed by atoms with Crippen LogP contribution in [0.15, 0.2) is 73.1 Å². The average molecular weight is 566 g/mol. The van der Waals surface area contributed by atoms with Crippen molar-refractivity contribution >= 4 is 22.8 Å². The van der Waals surface area contributed by atoms with Crippen molar-refractivity contribution in [1.82, 2.24) is 19.7 Å². The van der Waals surface area contributed by atoms with Crippen LogP contribution in [0, 0.1) is 5.82 Å². The predicted octanol–water partition coefficient (Wildman–Crippen LogP) is 5.12. The number of aromatic nitrogens is 3. The summed E-state index contributed by atoms with van der Waals surface area (Å²) in [7, 11) is 0. The lowest BCUT2D eigenvalue weighted by Crippen LogP contribution is -2.55. The Kier molecular flexibility index (Phi) is 7.98. The van der Waals surface area contributed by atoms with Crippen LogP contribution >= 0.6 is 0 Å². The van der Waals surface area contributed by atoms with Crippen molar-refractivity contribution in [3.63, 3.8) is 0 Å². The normalized spacial score (nSPS) is 16.6. The van der Waals surface area contributed by atoms with E-state index in [0.717, 1.165) is 11.5 Å². The molecular formula is C26H20F6N4O4. The summed E-state index contributed by atoms with van der Waals surface area (Å²) in [4.78, 5) is 27.4. The van der Waals surface area contributed by atoms with Gasteiger partial charge in [-0.05, 0) is 36.4 Å². The van der Waals surface area contributed by atoms with Crippen LogP contribution in [-0.4, -0.2) is 67.9 Å². The van der Waals surface area contributed by atoms with Crippen molar-refractivity contribution in [1.29, 1.82) is 0 Å². The lowest BCUT2D eigenvalue weighted by molar-refractivity contribution is -0.192. The molecule has 40 heavy (non-hydrogen) atoms. The van der Waals surface area contributed by atoms with Crippen LogP contribution in [0.2, 0.25) is 0 Å². The minimum absolute atomic E-state index is 0.0412. The van der Waals surface area contributed by atoms with E-state index in [2.05, 4.69) is 10.1 Å². The Morgan fingerprint density at radius 1 is 1.05 bits per heavy atom. The first-order chi connectivity index (χ1) is 18.8. The first-order valence-electron chi connectivity index (χ1n) is 11.6. The van der Waals surface area contributed by atoms with Gasteiger partial charge in [0.2, 0.25) is 5.88 Å². The number of nitrogens with zero attached hydrogens (tertiary/aromatic N) is 4. The molecule has 0 saturated carbocycles. The molecule has 2 aromatic heterocycles. The van der Waals surface area contributed by atoms with Gasteiger partial charge < -0.3 is 14.7 Å². The summed E-state index contributed by atoms with van der Waals surface area (Å²) in [5.74, 6) is -7.30. The Bertz CT molecular complexity index is 1510. The molecule has 1 aliphatic rings. The minimum atomic E-state index is -5.08. The van der Waals surface area contributed by atoms with Crippen LogP contribution in [0.1, 0.15) is 16.8 Å². The van der Waals surface area contributed by atoms with E-state index >= 15 is 0 Å². The molecule has 1 atom stereocenters. The van der Waals surface area contributed by atoms with Crippen molar-refractivity contribution in [3.8, 4) is 11.6 Å². The van der Waals surface area contributed by atoms with Crippen molar-refractivity contribution in [2.24, 2.45) is 0 Å². The molecule has 8 nitrogen and oxygen atoms in total. The number of likely N-dealkylation sites (tertiary alicyclic amines) is 1. The van der Waals surface area contributed by atoms with Gasteiger partial charge in [-0.1, -0.05) is 18.2 Å². The number of piperidine rings is 1. The van der Waals surface area contributed by atoms with Crippen molar-refractivity contribution in [2.45, 2.75) is 24.6 Å². The van der Waals surface area contributed by atoms with Crippen molar-refractivity contribution in [3.05, 3.63) is 84.4 Å². The third kappa shape index (κ3) is 6.50. The fraction of sp³-hybridized carbons (Fsp3) is 0.231. The molecule has 0 unspecified atom stereocenters. The quantitative estimate of drug-likeness (QED) is 0.345. The number of rotatable bonds is 4. The predicted molar refractivity (Wildman–Crippen MR) is 129 cm³/mol. The van der Waals surface area contributed by atoms with E-state index in [0.29, 0.717) is 11.2 Å². The van der Waals surface area contributed by atoms with E-state index in [-0.39, 0.29) is 18.0 Å². The topological polar surface area (TPSA) is 97.5 Å². The number of halogens is 6. The van der Waals surface area contributed by atoms with Crippen LogP contribution in [-0.2, 0) is 4.79 Å². The van der Waals surface area contributed by atoms with Gasteiger partial charge in [0.15, 0.2) is 6.10 Å². The van der Waals surface area contributed by atoms with E-state index in [4.69, 9.17) is 14.6 Å². The molecule has 0 aliphatic carbocycles. The van der Waals surface area contributed by atoms with Crippen LogP contribution in [0.4, 0.5) is 26.3 Å². The lowest BCUT2D eigenvalue weighted by atomic mass is 10.0. The number of fused-ring (bicyclic) bond motifs is 1. The molecule has 0 radical (unpaired) electrons. The number of para-hydroxylation sites is 1. The van der Waals surface area contributed by atoms with E-state index in [9.17, 15) is 31.1 Å². The second-order valence-corrected chi connectivity index (χ2v) is 8.63. The number of hydrogen-bond acceptors (Lipinski definition) is 5. The molecule has 0 spiro atoms. The molecule has 3 heterocycles. The molecule has 2 aromatic carbocycles. The highest BCUT2D eigenvalue weighted by Crippen LogP contribution is 2.33. The third-order valence-electron chi connectivity index (χ3n) is 5.89. The molecule has 14 heteroatoms. The maximum absolute atomic E-state index is 14.7. The number of pyridine rings is 1. The number of carbonyl (C=O) groups is 2. The van der Waals surface area contributed by atoms with E-state index in [1.165, 1.54) is 27.8 Å². The second kappa shape index (κ2) is 11.2. The van der Waals surface area contributed by atoms with E-state index in [1.807, 2.05) is 12.1 Å². The standard InChI is InChI=1S/C24H19F3N4O2.C2HF3O2/c25-19-8-7-17(31-12-3-11-28-31)14-18(19)23(32)30-13-10-24(26,27)21(15-30)33-22-9-6-16-4-1-2-5-20(16)29-22;3-2(4,5)1(6)7/h1-9,11-12,14,21H,10,13,15H2;(H,6,7)/t21-;/m0./s1. The Morgan fingerprint density at radius 2 is 1.77 bits per heavy atom. The van der Waals surface area contributed by atoms with Gasteiger partial charge in [0.25, 0.3) is 11.8 Å². The zero-order valence-electron chi connectivity index (χ0n) is 20.4. The van der Waals surface area contributed by atoms with E-state index in [1.54, 1.807) is 36.7 Å². The van der Waals surface area contributed by atoms with Gasteiger partial charge in [0.1, 0.15) is 5.82 Å². The number of carboxylic acid groups (broad SMARTS) is 1. The summed E-state index contributed by atoms with van der Waals surface area (Å²) in [6.45, 7) is -0.617. The van der Waals surface area contributed by atoms with Gasteiger partial charge in [0, 0.05) is 36.8 Å². The first kappa shape index (κ1) is 28.4. The summed E-state index contributed by atoms with van der Waals surface area (Å²) in [6, 6.07) is 16.2. The monoisotopic (exact) mass is 566 g/mol. The summed E-state index contributed by atoms with van der Waals surface area (Å²) < 4.78 is 82.6. The Morgan fingerprint density at radius 3 is 2.45 bits per heavy atom. The van der Waals surface area contributed by atoms with Crippen LogP contribution in [0.5, 0.6) is 5.88 Å². The number of ether oxygens (including phenoxy) is 1. The number of carboxylic acids is 1. The molecular weight excluding hydrogens is 546 g/mol. The summed E-state index contributed by atoms with van der Waals surface area (Å²) >= 11 is 0. The smallest absolute Gasteiger partial charge is 0.475 e. The average Bonchev–Trinajstić information content (AvgIpc) is 3.45. The first-order valence-corrected chi connectivity index (χ1v) is 11.6. The summed E-state index contributed by atoms with van der Waals surface area (Å²) in [6.07, 6.45) is -4.08. The molecule has 1 fully saturated rings. The van der Waals surface area contributed by atoms with Gasteiger partial charge in [0.05, 0.1) is 23.3 Å². The third-order valence-corrected chi connectivity index (χ3v) is 5.89.